The Bertz CT molecular complexity index is 1680. The second kappa shape index (κ2) is 8.96. The maximum atomic E-state index is 4.92. The van der Waals surface area contributed by atoms with E-state index in [2.05, 4.69) is 66.7 Å². The molecule has 1 heterocycles. The van der Waals surface area contributed by atoms with E-state index in [1.54, 1.807) is 0 Å². The molecule has 1 aliphatic carbocycles. The van der Waals surface area contributed by atoms with Crippen LogP contribution in [0.2, 0.25) is 0 Å². The van der Waals surface area contributed by atoms with Gasteiger partial charge in [-0.15, -0.1) is 0 Å². The first kappa shape index (κ1) is 21.4. The van der Waals surface area contributed by atoms with Crippen molar-refractivity contribution in [1.29, 1.82) is 0 Å². The molecule has 3 heteroatoms. The Morgan fingerprint density at radius 2 is 0.865 bits per heavy atom. The number of fused-ring (bicyclic) bond motifs is 3. The number of hydrogen-bond acceptors (Lipinski definition) is 3. The highest BCUT2D eigenvalue weighted by atomic mass is 15.0. The fourth-order valence-electron chi connectivity index (χ4n) is 5.19. The average molecular weight is 474 g/mol. The van der Waals surface area contributed by atoms with E-state index in [0.29, 0.717) is 17.5 Å². The maximum Gasteiger partial charge on any atom is 0.164 e. The molecule has 7 rings (SSSR count). The van der Waals surface area contributed by atoms with E-state index in [1.165, 1.54) is 27.8 Å². The summed E-state index contributed by atoms with van der Waals surface area (Å²) < 4.78 is 0. The average Bonchev–Trinajstić information content (AvgIpc) is 3.37. The van der Waals surface area contributed by atoms with Crippen LogP contribution >= 0.6 is 0 Å². The van der Waals surface area contributed by atoms with E-state index in [-0.39, 0.29) is 0 Å². The Labute approximate surface area is 216 Å². The van der Waals surface area contributed by atoms with Gasteiger partial charge >= 0.3 is 0 Å². The van der Waals surface area contributed by atoms with Gasteiger partial charge in [-0.2, -0.15) is 0 Å². The summed E-state index contributed by atoms with van der Waals surface area (Å²) in [6, 6.07) is 44.1. The number of aromatic nitrogens is 3. The zero-order chi connectivity index (χ0) is 24.6. The first-order chi connectivity index (χ1) is 18.3. The van der Waals surface area contributed by atoms with E-state index in [9.17, 15) is 0 Å². The monoisotopic (exact) mass is 473 g/mol. The molecule has 0 bridgehead atoms. The Kier molecular flexibility index (Phi) is 5.18. The van der Waals surface area contributed by atoms with Gasteiger partial charge in [0.2, 0.25) is 0 Å². The van der Waals surface area contributed by atoms with Crippen LogP contribution in [0.5, 0.6) is 0 Å². The third kappa shape index (κ3) is 3.91. The second-order valence-corrected chi connectivity index (χ2v) is 9.29. The van der Waals surface area contributed by atoms with E-state index in [4.69, 9.17) is 15.0 Å². The second-order valence-electron chi connectivity index (χ2n) is 9.29. The van der Waals surface area contributed by atoms with Gasteiger partial charge in [0.15, 0.2) is 17.5 Å². The van der Waals surface area contributed by atoms with Crippen molar-refractivity contribution in [3.8, 4) is 56.4 Å². The van der Waals surface area contributed by atoms with Crippen molar-refractivity contribution in [3.05, 3.63) is 139 Å². The molecule has 0 saturated heterocycles. The van der Waals surface area contributed by atoms with Crippen LogP contribution in [0.25, 0.3) is 56.4 Å². The summed E-state index contributed by atoms with van der Waals surface area (Å²) in [6.07, 6.45) is 0.980. The number of nitrogens with zero attached hydrogens (tertiary/aromatic N) is 3. The molecule has 1 aliphatic rings. The van der Waals surface area contributed by atoms with Gasteiger partial charge in [-0.3, -0.25) is 0 Å². The normalized spacial score (nSPS) is 11.7. The van der Waals surface area contributed by atoms with Gasteiger partial charge in [0.25, 0.3) is 0 Å². The van der Waals surface area contributed by atoms with E-state index >= 15 is 0 Å². The lowest BCUT2D eigenvalue weighted by Crippen LogP contribution is -2.00. The fourth-order valence-corrected chi connectivity index (χ4v) is 5.19. The summed E-state index contributed by atoms with van der Waals surface area (Å²) in [5.74, 6) is 2.01. The molecular weight excluding hydrogens is 450 g/mol. The Morgan fingerprint density at radius 3 is 1.57 bits per heavy atom. The molecule has 0 aliphatic heterocycles. The maximum absolute atomic E-state index is 4.92. The van der Waals surface area contributed by atoms with E-state index in [0.717, 1.165) is 28.7 Å². The Balaban J connectivity index is 1.38. The van der Waals surface area contributed by atoms with Crippen LogP contribution in [0.4, 0.5) is 0 Å². The largest absolute Gasteiger partial charge is 0.208 e. The zero-order valence-electron chi connectivity index (χ0n) is 20.2. The van der Waals surface area contributed by atoms with Crippen molar-refractivity contribution in [2.45, 2.75) is 6.42 Å². The summed E-state index contributed by atoms with van der Waals surface area (Å²) >= 11 is 0. The summed E-state index contributed by atoms with van der Waals surface area (Å²) in [5, 5.41) is 0. The van der Waals surface area contributed by atoms with Crippen molar-refractivity contribution in [2.75, 3.05) is 0 Å². The van der Waals surface area contributed by atoms with Crippen molar-refractivity contribution < 1.29 is 0 Å². The number of rotatable bonds is 4. The summed E-state index contributed by atoms with van der Waals surface area (Å²) in [6.45, 7) is 0. The van der Waals surface area contributed by atoms with Gasteiger partial charge in [0.1, 0.15) is 0 Å². The molecule has 174 valence electrons. The molecular formula is C34H23N3. The van der Waals surface area contributed by atoms with E-state index in [1.807, 2.05) is 60.7 Å². The van der Waals surface area contributed by atoms with Crippen molar-refractivity contribution in [3.63, 3.8) is 0 Å². The Morgan fingerprint density at radius 1 is 0.378 bits per heavy atom. The van der Waals surface area contributed by atoms with Gasteiger partial charge in [-0.25, -0.2) is 15.0 Å². The molecule has 5 aromatic carbocycles. The lowest BCUT2D eigenvalue weighted by molar-refractivity contribution is 1.07. The van der Waals surface area contributed by atoms with Gasteiger partial charge in [0.05, 0.1) is 0 Å². The molecule has 0 radical (unpaired) electrons. The SMILES string of the molecule is c1ccc(-c2nc(-c3ccccc3)nc(-c3cccc(-c4cccc5c4-c4ccccc4C5)c3)n2)cc1. The van der Waals surface area contributed by atoms with Gasteiger partial charge < -0.3 is 0 Å². The third-order valence-corrected chi connectivity index (χ3v) is 6.95. The van der Waals surface area contributed by atoms with Crippen LogP contribution in [0.1, 0.15) is 11.1 Å². The minimum Gasteiger partial charge on any atom is -0.208 e. The zero-order valence-corrected chi connectivity index (χ0v) is 20.2. The van der Waals surface area contributed by atoms with Gasteiger partial charge in [0, 0.05) is 16.7 Å². The van der Waals surface area contributed by atoms with Gasteiger partial charge in [-0.1, -0.05) is 121 Å². The molecule has 0 amide bonds. The smallest absolute Gasteiger partial charge is 0.164 e. The minimum atomic E-state index is 0.669. The van der Waals surface area contributed by atoms with Crippen molar-refractivity contribution in [1.82, 2.24) is 15.0 Å². The molecule has 6 aromatic rings. The van der Waals surface area contributed by atoms with Crippen LogP contribution in [0, 0.1) is 0 Å². The number of hydrogen-bond donors (Lipinski definition) is 0. The lowest BCUT2D eigenvalue weighted by Gasteiger charge is -2.12. The Hall–Kier alpha value is -4.89. The van der Waals surface area contributed by atoms with Gasteiger partial charge in [-0.05, 0) is 45.9 Å². The molecule has 0 saturated carbocycles. The standard InChI is InChI=1S/C34H23N3/c1-3-11-23(12-4-1)32-35-33(24-13-5-2-6-14-24)37-34(36-32)28-18-9-16-26(22-28)30-20-10-17-27-21-25-15-7-8-19-29(25)31(27)30/h1-20,22H,21H2. The molecule has 3 nitrogen and oxygen atoms in total. The summed E-state index contributed by atoms with van der Waals surface area (Å²) in [7, 11) is 0. The number of benzene rings is 5. The van der Waals surface area contributed by atoms with Crippen molar-refractivity contribution >= 4 is 0 Å². The highest BCUT2D eigenvalue weighted by Crippen LogP contribution is 2.43. The quantitative estimate of drug-likeness (QED) is 0.259. The van der Waals surface area contributed by atoms with Crippen LogP contribution < -0.4 is 0 Å². The predicted molar refractivity (Wildman–Crippen MR) is 150 cm³/mol. The highest BCUT2D eigenvalue weighted by Gasteiger charge is 2.21. The molecule has 1 aromatic heterocycles. The van der Waals surface area contributed by atoms with Crippen LogP contribution in [0.3, 0.4) is 0 Å². The van der Waals surface area contributed by atoms with Crippen LogP contribution in [0.15, 0.2) is 127 Å². The van der Waals surface area contributed by atoms with Crippen LogP contribution in [-0.2, 0) is 6.42 Å². The molecule has 0 unspecified atom stereocenters. The third-order valence-electron chi connectivity index (χ3n) is 6.95. The molecule has 0 fully saturated rings. The van der Waals surface area contributed by atoms with Crippen LogP contribution in [-0.4, -0.2) is 15.0 Å². The molecule has 0 N–H and O–H groups in total. The fraction of sp³-hybridized carbons (Fsp3) is 0.0294. The summed E-state index contributed by atoms with van der Waals surface area (Å²) in [5.41, 5.74) is 10.7. The predicted octanol–water partition coefficient (Wildman–Crippen LogP) is 8.11. The first-order valence-electron chi connectivity index (χ1n) is 12.5. The lowest BCUT2D eigenvalue weighted by atomic mass is 9.93. The summed E-state index contributed by atoms with van der Waals surface area (Å²) in [4.78, 5) is 14.7. The molecule has 0 spiro atoms. The topological polar surface area (TPSA) is 38.7 Å². The highest BCUT2D eigenvalue weighted by molar-refractivity contribution is 5.91. The molecule has 37 heavy (non-hydrogen) atoms. The van der Waals surface area contributed by atoms with E-state index < -0.39 is 0 Å². The molecule has 0 atom stereocenters. The minimum absolute atomic E-state index is 0.669. The van der Waals surface area contributed by atoms with Crippen molar-refractivity contribution in [2.24, 2.45) is 0 Å². The first-order valence-corrected chi connectivity index (χ1v) is 12.5.